The fourth-order valence-electron chi connectivity index (χ4n) is 2.68. The molecule has 1 N–H and O–H groups in total. The van der Waals surface area contributed by atoms with Crippen molar-refractivity contribution < 1.29 is 14.1 Å². The number of nitrogens with one attached hydrogen (secondary N) is 1. The first kappa shape index (κ1) is 16.8. The molecule has 6 nitrogen and oxygen atoms in total. The summed E-state index contributed by atoms with van der Waals surface area (Å²) in [6, 6.07) is 1.20. The van der Waals surface area contributed by atoms with E-state index in [2.05, 4.69) is 10.5 Å². The first-order chi connectivity index (χ1) is 11.3. The molecule has 2 amide bonds. The quantitative estimate of drug-likeness (QED) is 0.849. The number of carbonyl (C=O) groups is 2. The van der Waals surface area contributed by atoms with Gasteiger partial charge in [-0.1, -0.05) is 37.5 Å². The molecule has 1 saturated heterocycles. The average Bonchev–Trinajstić information content (AvgIpc) is 2.95. The summed E-state index contributed by atoms with van der Waals surface area (Å²) in [6.45, 7) is 6.03. The summed E-state index contributed by atoms with van der Waals surface area (Å²) in [6.07, 6.45) is 5.10. The average molecular weight is 350 g/mol. The number of hydrogen-bond donors (Lipinski definition) is 1. The van der Waals surface area contributed by atoms with Crippen molar-refractivity contribution in [2.24, 2.45) is 0 Å². The number of carbonyl (C=O) groups excluding carboxylic acids is 2. The molecule has 1 aromatic rings. The zero-order valence-corrected chi connectivity index (χ0v) is 14.7. The van der Waals surface area contributed by atoms with E-state index in [9.17, 15) is 9.59 Å². The molecule has 2 heterocycles. The zero-order chi connectivity index (χ0) is 17.5. The molecule has 0 radical (unpaired) electrons. The van der Waals surface area contributed by atoms with Crippen LogP contribution in [0.25, 0.3) is 0 Å². The van der Waals surface area contributed by atoms with E-state index in [0.717, 1.165) is 16.4 Å². The zero-order valence-electron chi connectivity index (χ0n) is 13.9. The lowest BCUT2D eigenvalue weighted by molar-refractivity contribution is -0.148. The number of β-lactam (4-membered cyclic amide) rings is 1. The Balaban J connectivity index is 1.69. The number of aromatic nitrogens is 1. The maximum absolute atomic E-state index is 12.5. The summed E-state index contributed by atoms with van der Waals surface area (Å²) < 4.78 is 5.18. The summed E-state index contributed by atoms with van der Waals surface area (Å²) in [5.41, 5.74) is 1.42. The maximum atomic E-state index is 12.5. The van der Waals surface area contributed by atoms with E-state index < -0.39 is 6.04 Å². The summed E-state index contributed by atoms with van der Waals surface area (Å²) in [4.78, 5) is 25.9. The van der Waals surface area contributed by atoms with Crippen LogP contribution in [0.2, 0.25) is 0 Å². The third-order valence-electron chi connectivity index (χ3n) is 4.16. The van der Waals surface area contributed by atoms with Crippen molar-refractivity contribution >= 4 is 29.3 Å². The van der Waals surface area contributed by atoms with Gasteiger partial charge >= 0.3 is 0 Å². The van der Waals surface area contributed by atoms with Crippen molar-refractivity contribution in [3.8, 4) is 0 Å². The largest absolute Gasteiger partial charge is 0.338 e. The number of likely N-dealkylation sites (tertiary alicyclic amines) is 1. The molecule has 1 aromatic heterocycles. The van der Waals surface area contributed by atoms with Gasteiger partial charge in [0.1, 0.15) is 6.04 Å². The Kier molecular flexibility index (Phi) is 4.25. The van der Waals surface area contributed by atoms with Crippen molar-refractivity contribution in [1.82, 2.24) is 10.1 Å². The van der Waals surface area contributed by atoms with Gasteiger partial charge in [0, 0.05) is 22.2 Å². The van der Waals surface area contributed by atoms with Gasteiger partial charge in [-0.05, 0) is 25.0 Å². The molecule has 0 aromatic carbocycles. The van der Waals surface area contributed by atoms with Crippen LogP contribution >= 0.6 is 11.6 Å². The fourth-order valence-corrected chi connectivity index (χ4v) is 2.84. The number of halogens is 1. The SMILES string of the molecule is CC(C)(C)c1cc(NC(=O)[C@@H]2CC(=O)N2C2=CC=C(Cl)CC2)on1. The van der Waals surface area contributed by atoms with Crippen LogP contribution in [0.4, 0.5) is 5.88 Å². The minimum Gasteiger partial charge on any atom is -0.338 e. The number of allylic oxidation sites excluding steroid dienone is 4. The highest BCUT2D eigenvalue weighted by atomic mass is 35.5. The summed E-state index contributed by atoms with van der Waals surface area (Å²) in [5, 5.41) is 7.43. The van der Waals surface area contributed by atoms with Crippen LogP contribution in [0, 0.1) is 0 Å². The Labute approximate surface area is 145 Å². The lowest BCUT2D eigenvalue weighted by Crippen LogP contribution is -2.57. The molecule has 3 rings (SSSR count). The van der Waals surface area contributed by atoms with Gasteiger partial charge in [0.05, 0.1) is 12.1 Å². The van der Waals surface area contributed by atoms with Crippen LogP contribution in [0.15, 0.2) is 33.5 Å². The van der Waals surface area contributed by atoms with Crippen molar-refractivity contribution in [2.45, 2.75) is 51.5 Å². The smallest absolute Gasteiger partial charge is 0.250 e. The fraction of sp³-hybridized carbons (Fsp3) is 0.471. The lowest BCUT2D eigenvalue weighted by atomic mass is 9.92. The highest BCUT2D eigenvalue weighted by Gasteiger charge is 2.43. The van der Waals surface area contributed by atoms with Crippen LogP contribution in [0.5, 0.6) is 0 Å². The number of hydrogen-bond acceptors (Lipinski definition) is 4. The van der Waals surface area contributed by atoms with Crippen LogP contribution in [-0.4, -0.2) is 27.9 Å². The van der Waals surface area contributed by atoms with Crippen LogP contribution in [-0.2, 0) is 15.0 Å². The topological polar surface area (TPSA) is 75.4 Å². The predicted octanol–water partition coefficient (Wildman–Crippen LogP) is 3.31. The van der Waals surface area contributed by atoms with Crippen molar-refractivity contribution in [2.75, 3.05) is 5.32 Å². The van der Waals surface area contributed by atoms with Gasteiger partial charge in [-0.25, -0.2) is 0 Å². The maximum Gasteiger partial charge on any atom is 0.250 e. The van der Waals surface area contributed by atoms with E-state index >= 15 is 0 Å². The summed E-state index contributed by atoms with van der Waals surface area (Å²) in [7, 11) is 0. The van der Waals surface area contributed by atoms with E-state index in [-0.39, 0.29) is 23.7 Å². The molecule has 24 heavy (non-hydrogen) atoms. The summed E-state index contributed by atoms with van der Waals surface area (Å²) >= 11 is 5.94. The minimum atomic E-state index is -0.516. The second kappa shape index (κ2) is 6.09. The van der Waals surface area contributed by atoms with Gasteiger partial charge in [-0.2, -0.15) is 0 Å². The molecule has 2 aliphatic rings. The van der Waals surface area contributed by atoms with E-state index in [1.807, 2.05) is 20.8 Å². The van der Waals surface area contributed by atoms with E-state index in [1.165, 1.54) is 4.90 Å². The number of anilines is 1. The van der Waals surface area contributed by atoms with Gasteiger partial charge in [0.15, 0.2) is 0 Å². The molecule has 0 spiro atoms. The molecule has 1 fully saturated rings. The Morgan fingerprint density at radius 3 is 2.67 bits per heavy atom. The third-order valence-corrected chi connectivity index (χ3v) is 4.48. The van der Waals surface area contributed by atoms with Crippen LogP contribution in [0.3, 0.4) is 0 Å². The first-order valence-corrected chi connectivity index (χ1v) is 8.29. The standard InChI is InChI=1S/C17H20ClN3O3/c1-17(2,3)13-9-14(24-20-13)19-16(23)12-8-15(22)21(12)11-6-4-10(18)5-7-11/h4,6,9,12H,5,7-8H2,1-3H3,(H,19,23)/t12-/m0/s1. The highest BCUT2D eigenvalue weighted by Crippen LogP contribution is 2.32. The van der Waals surface area contributed by atoms with Crippen molar-refractivity contribution in [3.05, 3.63) is 34.6 Å². The van der Waals surface area contributed by atoms with Crippen molar-refractivity contribution in [3.63, 3.8) is 0 Å². The summed E-state index contributed by atoms with van der Waals surface area (Å²) in [5.74, 6) is -0.0293. The molecule has 0 bridgehead atoms. The molecule has 1 aliphatic heterocycles. The Morgan fingerprint density at radius 2 is 2.12 bits per heavy atom. The monoisotopic (exact) mass is 349 g/mol. The molecular weight excluding hydrogens is 330 g/mol. The molecular formula is C17H20ClN3O3. The lowest BCUT2D eigenvalue weighted by Gasteiger charge is -2.41. The molecule has 0 unspecified atom stereocenters. The Bertz CT molecular complexity index is 743. The number of nitrogens with zero attached hydrogens (tertiary/aromatic N) is 2. The van der Waals surface area contributed by atoms with Crippen LogP contribution in [0.1, 0.15) is 45.7 Å². The van der Waals surface area contributed by atoms with E-state index in [0.29, 0.717) is 18.7 Å². The van der Waals surface area contributed by atoms with E-state index in [1.54, 1.807) is 18.2 Å². The Hall–Kier alpha value is -2.08. The third kappa shape index (κ3) is 3.24. The highest BCUT2D eigenvalue weighted by molar-refractivity contribution is 6.29. The van der Waals surface area contributed by atoms with Crippen molar-refractivity contribution in [1.29, 1.82) is 0 Å². The van der Waals surface area contributed by atoms with Crippen LogP contribution < -0.4 is 5.32 Å². The van der Waals surface area contributed by atoms with Gasteiger partial charge < -0.3 is 9.42 Å². The van der Waals surface area contributed by atoms with E-state index in [4.69, 9.17) is 16.1 Å². The second-order valence-corrected chi connectivity index (χ2v) is 7.56. The van der Waals surface area contributed by atoms with Gasteiger partial charge in [-0.15, -0.1) is 0 Å². The number of amides is 2. The predicted molar refractivity (Wildman–Crippen MR) is 90.3 cm³/mol. The normalized spacial score (nSPS) is 21.1. The second-order valence-electron chi connectivity index (χ2n) is 7.07. The molecule has 0 saturated carbocycles. The Morgan fingerprint density at radius 1 is 1.38 bits per heavy atom. The van der Waals surface area contributed by atoms with Gasteiger partial charge in [0.25, 0.3) is 0 Å². The molecule has 128 valence electrons. The minimum absolute atomic E-state index is 0.0548. The first-order valence-electron chi connectivity index (χ1n) is 7.91. The molecule has 1 aliphatic carbocycles. The number of rotatable bonds is 3. The molecule has 1 atom stereocenters. The van der Waals surface area contributed by atoms with Gasteiger partial charge in [0.2, 0.25) is 17.7 Å². The molecule has 7 heteroatoms. The van der Waals surface area contributed by atoms with Gasteiger partial charge in [-0.3, -0.25) is 14.9 Å².